The number of anilines is 1. The molecule has 1 aliphatic heterocycles. The first kappa shape index (κ1) is 23.5. The highest BCUT2D eigenvalue weighted by molar-refractivity contribution is 7.90. The van der Waals surface area contributed by atoms with Gasteiger partial charge in [-0.05, 0) is 24.5 Å². The maximum Gasteiger partial charge on any atom is 0.222 e. The minimum Gasteiger partial charge on any atom is -0.345 e. The first-order chi connectivity index (χ1) is 15.3. The summed E-state index contributed by atoms with van der Waals surface area (Å²) in [5.74, 6) is 0. The van der Waals surface area contributed by atoms with E-state index in [2.05, 4.69) is 41.5 Å². The number of piperazine rings is 1. The molecule has 4 rings (SSSR count). The van der Waals surface area contributed by atoms with Gasteiger partial charge >= 0.3 is 0 Å². The van der Waals surface area contributed by atoms with E-state index in [1.165, 1.54) is 11.1 Å². The molecule has 2 unspecified atom stereocenters. The molecule has 1 aromatic heterocycles. The van der Waals surface area contributed by atoms with Gasteiger partial charge in [0.15, 0.2) is 5.13 Å². The van der Waals surface area contributed by atoms with Gasteiger partial charge in [0.2, 0.25) is 10.0 Å². The summed E-state index contributed by atoms with van der Waals surface area (Å²) in [5, 5.41) is 2.32. The molecule has 2 atom stereocenters. The number of sulfonamides is 1. The van der Waals surface area contributed by atoms with Gasteiger partial charge in [-0.15, -0.1) is 22.9 Å². The van der Waals surface area contributed by atoms with Gasteiger partial charge in [0.05, 0.1) is 10.6 Å². The second kappa shape index (κ2) is 9.67. The lowest BCUT2D eigenvalue weighted by atomic mass is 10.0. The number of nitrogens with zero attached hydrogens (tertiary/aromatic N) is 3. The van der Waals surface area contributed by atoms with Crippen molar-refractivity contribution >= 4 is 38.1 Å². The van der Waals surface area contributed by atoms with Crippen LogP contribution in [0.25, 0.3) is 0 Å². The molecule has 0 spiro atoms. The highest BCUT2D eigenvalue weighted by Gasteiger charge is 2.43. The fourth-order valence-electron chi connectivity index (χ4n) is 4.22. The average Bonchev–Trinajstić information content (AvgIpc) is 3.23. The van der Waals surface area contributed by atoms with Crippen LogP contribution in [0, 0.1) is 0 Å². The smallest absolute Gasteiger partial charge is 0.222 e. The molecular weight excluding hydrogens is 462 g/mol. The molecule has 5 nitrogen and oxygen atoms in total. The predicted molar refractivity (Wildman–Crippen MR) is 134 cm³/mol. The van der Waals surface area contributed by atoms with Crippen LogP contribution in [0.5, 0.6) is 0 Å². The van der Waals surface area contributed by atoms with Crippen molar-refractivity contribution in [2.75, 3.05) is 31.1 Å². The van der Waals surface area contributed by atoms with Gasteiger partial charge < -0.3 is 4.90 Å². The monoisotopic (exact) mass is 491 g/mol. The summed E-state index contributed by atoms with van der Waals surface area (Å²) in [5.41, 5.74) is 3.69. The zero-order valence-corrected chi connectivity index (χ0v) is 21.0. The van der Waals surface area contributed by atoms with Crippen LogP contribution in [0.4, 0.5) is 5.13 Å². The first-order valence-electron chi connectivity index (χ1n) is 11.1. The molecule has 1 saturated heterocycles. The molecule has 1 aromatic carbocycles. The Bertz CT molecular complexity index is 1080. The van der Waals surface area contributed by atoms with Crippen LogP contribution >= 0.6 is 22.9 Å². The third-order valence-corrected chi connectivity index (χ3v) is 9.87. The van der Waals surface area contributed by atoms with E-state index < -0.39 is 20.1 Å². The maximum atomic E-state index is 13.2. The topological polar surface area (TPSA) is 53.5 Å². The van der Waals surface area contributed by atoms with E-state index in [1.807, 2.05) is 0 Å². The Hall–Kier alpha value is -1.67. The summed E-state index contributed by atoms with van der Waals surface area (Å²) < 4.78 is 28.0. The molecular formula is C24H30ClN3O2S2. The van der Waals surface area contributed by atoms with Gasteiger partial charge in [-0.3, -0.25) is 0 Å². The van der Waals surface area contributed by atoms with Crippen molar-refractivity contribution < 1.29 is 8.42 Å². The fraction of sp³-hybridized carbons (Fsp3) is 0.458. The van der Waals surface area contributed by atoms with E-state index in [4.69, 9.17) is 16.6 Å². The van der Waals surface area contributed by atoms with Crippen molar-refractivity contribution in [3.05, 3.63) is 70.8 Å². The Kier molecular flexibility index (Phi) is 7.10. The standard InChI is InChI=1S/C24H30ClN3O2S2/c1-3-6-19-8-10-20(11-9-19)17-21-18-31-23(26-21)27-13-15-28(16-14-27)32(29,30)22-7-4-5-12-24(22,2)25/h4-5,7-12,18,22H,3,6,13-17H2,1-2H3. The van der Waals surface area contributed by atoms with Crippen LogP contribution < -0.4 is 4.90 Å². The molecule has 2 aromatic rings. The fourth-order valence-corrected chi connectivity index (χ4v) is 7.53. The van der Waals surface area contributed by atoms with Gasteiger partial charge in [0.25, 0.3) is 0 Å². The van der Waals surface area contributed by atoms with Crippen LogP contribution in [0.1, 0.15) is 37.1 Å². The number of hydrogen-bond donors (Lipinski definition) is 0. The van der Waals surface area contributed by atoms with Crippen molar-refractivity contribution in [2.45, 2.75) is 43.2 Å². The maximum absolute atomic E-state index is 13.2. The van der Waals surface area contributed by atoms with Gasteiger partial charge in [0, 0.05) is 38.0 Å². The molecule has 1 aliphatic carbocycles. The lowest BCUT2D eigenvalue weighted by Crippen LogP contribution is -2.54. The van der Waals surface area contributed by atoms with Crippen LogP contribution in [0.2, 0.25) is 0 Å². The van der Waals surface area contributed by atoms with Crippen LogP contribution in [0.15, 0.2) is 53.9 Å². The number of rotatable bonds is 7. The van der Waals surface area contributed by atoms with Crippen molar-refractivity contribution in [2.24, 2.45) is 0 Å². The first-order valence-corrected chi connectivity index (χ1v) is 13.9. The zero-order valence-electron chi connectivity index (χ0n) is 18.6. The molecule has 0 N–H and O–H groups in total. The van der Waals surface area contributed by atoms with Crippen molar-refractivity contribution in [1.82, 2.24) is 9.29 Å². The van der Waals surface area contributed by atoms with Crippen molar-refractivity contribution in [3.63, 3.8) is 0 Å². The normalized spacial score (nSPS) is 24.2. The third-order valence-electron chi connectivity index (χ3n) is 6.05. The van der Waals surface area contributed by atoms with Gasteiger partial charge in [-0.1, -0.05) is 61.9 Å². The van der Waals surface area contributed by atoms with Gasteiger partial charge in [0.1, 0.15) is 5.25 Å². The van der Waals surface area contributed by atoms with Crippen LogP contribution in [-0.2, 0) is 22.9 Å². The SMILES string of the molecule is CCCc1ccc(Cc2csc(N3CCN(S(=O)(=O)C4C=CC=CC4(C)Cl)CC3)n2)cc1. The Morgan fingerprint density at radius 3 is 2.47 bits per heavy atom. The van der Waals surface area contributed by atoms with Gasteiger partial charge in [-0.2, -0.15) is 4.31 Å². The molecule has 0 bridgehead atoms. The summed E-state index contributed by atoms with van der Waals surface area (Å²) in [6.07, 6.45) is 10.1. The van der Waals surface area contributed by atoms with E-state index in [0.29, 0.717) is 26.2 Å². The number of thiazole rings is 1. The number of allylic oxidation sites excluding steroid dienone is 3. The Balaban J connectivity index is 1.36. The molecule has 0 amide bonds. The molecule has 8 heteroatoms. The highest BCUT2D eigenvalue weighted by Crippen LogP contribution is 2.33. The summed E-state index contributed by atoms with van der Waals surface area (Å²) in [4.78, 5) is 6.08. The predicted octanol–water partition coefficient (Wildman–Crippen LogP) is 4.63. The number of alkyl halides is 1. The number of aromatic nitrogens is 1. The Labute approximate surface area is 200 Å². The summed E-state index contributed by atoms with van der Waals surface area (Å²) >= 11 is 8.13. The van der Waals surface area contributed by atoms with Crippen molar-refractivity contribution in [1.29, 1.82) is 0 Å². The molecule has 2 heterocycles. The second-order valence-corrected chi connectivity index (χ2v) is 12.3. The van der Waals surface area contributed by atoms with E-state index >= 15 is 0 Å². The number of hydrogen-bond acceptors (Lipinski definition) is 5. The molecule has 32 heavy (non-hydrogen) atoms. The van der Waals surface area contributed by atoms with Crippen LogP contribution in [0.3, 0.4) is 0 Å². The van der Waals surface area contributed by atoms with Gasteiger partial charge in [-0.25, -0.2) is 13.4 Å². The molecule has 0 saturated carbocycles. The van der Waals surface area contributed by atoms with E-state index in [9.17, 15) is 8.42 Å². The average molecular weight is 492 g/mol. The highest BCUT2D eigenvalue weighted by atomic mass is 35.5. The molecule has 2 aliphatic rings. The van der Waals surface area contributed by atoms with E-state index in [1.54, 1.807) is 46.9 Å². The molecule has 1 fully saturated rings. The lowest BCUT2D eigenvalue weighted by Gasteiger charge is -2.38. The third kappa shape index (κ3) is 5.11. The summed E-state index contributed by atoms with van der Waals surface area (Å²) in [7, 11) is -3.52. The van der Waals surface area contributed by atoms with Crippen LogP contribution in [-0.4, -0.2) is 54.0 Å². The number of benzene rings is 1. The van der Waals surface area contributed by atoms with E-state index in [-0.39, 0.29) is 0 Å². The molecule has 172 valence electrons. The second-order valence-electron chi connectivity index (χ2n) is 8.61. The number of halogens is 1. The lowest BCUT2D eigenvalue weighted by molar-refractivity contribution is 0.379. The van der Waals surface area contributed by atoms with E-state index in [0.717, 1.165) is 30.1 Å². The Morgan fingerprint density at radius 1 is 1.12 bits per heavy atom. The Morgan fingerprint density at radius 2 is 1.81 bits per heavy atom. The van der Waals surface area contributed by atoms with Crippen molar-refractivity contribution in [3.8, 4) is 0 Å². The number of aryl methyl sites for hydroxylation is 1. The minimum absolute atomic E-state index is 0.442. The zero-order chi connectivity index (χ0) is 22.8. The molecule has 0 radical (unpaired) electrons. The largest absolute Gasteiger partial charge is 0.345 e. The summed E-state index contributed by atoms with van der Waals surface area (Å²) in [6.45, 7) is 6.08. The minimum atomic E-state index is -3.52. The quantitative estimate of drug-likeness (QED) is 0.530. The summed E-state index contributed by atoms with van der Waals surface area (Å²) in [6, 6.07) is 8.78.